The molecule has 1 aromatic carbocycles. The molecule has 0 unspecified atom stereocenters. The van der Waals surface area contributed by atoms with Crippen LogP contribution in [0.2, 0.25) is 0 Å². The van der Waals surface area contributed by atoms with Crippen LogP contribution < -0.4 is 0 Å². The zero-order chi connectivity index (χ0) is 16.3. The summed E-state index contributed by atoms with van der Waals surface area (Å²) in [6.07, 6.45) is 15.5. The Labute approximate surface area is 142 Å². The first kappa shape index (κ1) is 18.0. The zero-order valence-electron chi connectivity index (χ0n) is 14.7. The topological polar surface area (TPSA) is 9.23 Å². The maximum absolute atomic E-state index is 5.64. The fourth-order valence-corrected chi connectivity index (χ4v) is 3.37. The monoisotopic (exact) mass is 312 g/mol. The summed E-state index contributed by atoms with van der Waals surface area (Å²) in [6, 6.07) is 8.98. The van der Waals surface area contributed by atoms with E-state index in [0.717, 1.165) is 18.3 Å². The zero-order valence-corrected chi connectivity index (χ0v) is 14.7. The highest BCUT2D eigenvalue weighted by Crippen LogP contribution is 2.32. The van der Waals surface area contributed by atoms with Crippen LogP contribution >= 0.6 is 0 Å². The molecule has 0 amide bonds. The van der Waals surface area contributed by atoms with E-state index in [4.69, 9.17) is 4.74 Å². The van der Waals surface area contributed by atoms with E-state index in [9.17, 15) is 0 Å². The minimum absolute atomic E-state index is 0.708. The van der Waals surface area contributed by atoms with Crippen molar-refractivity contribution in [3.05, 3.63) is 60.2 Å². The van der Waals surface area contributed by atoms with Gasteiger partial charge in [0.05, 0.1) is 13.2 Å². The summed E-state index contributed by atoms with van der Waals surface area (Å²) in [4.78, 5) is 0. The molecule has 0 radical (unpaired) electrons. The Morgan fingerprint density at radius 1 is 1.04 bits per heavy atom. The number of hydrogen-bond acceptors (Lipinski definition) is 1. The van der Waals surface area contributed by atoms with Gasteiger partial charge in [-0.3, -0.25) is 0 Å². The van der Waals surface area contributed by atoms with Crippen molar-refractivity contribution in [1.29, 1.82) is 0 Å². The third-order valence-corrected chi connectivity index (χ3v) is 4.97. The van der Waals surface area contributed by atoms with Gasteiger partial charge in [0.2, 0.25) is 0 Å². The van der Waals surface area contributed by atoms with Crippen molar-refractivity contribution in [3.63, 3.8) is 0 Å². The van der Waals surface area contributed by atoms with Crippen LogP contribution in [0, 0.1) is 11.8 Å². The largest absolute Gasteiger partial charge is 0.373 e. The molecule has 0 heterocycles. The smallest absolute Gasteiger partial charge is 0.0721 e. The molecule has 23 heavy (non-hydrogen) atoms. The maximum Gasteiger partial charge on any atom is 0.0721 e. The van der Waals surface area contributed by atoms with Gasteiger partial charge in [0.15, 0.2) is 0 Å². The number of hydrogen-bond donors (Lipinski definition) is 0. The van der Waals surface area contributed by atoms with E-state index < -0.39 is 0 Å². The number of allylic oxidation sites excluding steroid dienone is 2. The van der Waals surface area contributed by atoms with E-state index >= 15 is 0 Å². The van der Waals surface area contributed by atoms with Crippen LogP contribution in [0.5, 0.6) is 0 Å². The van der Waals surface area contributed by atoms with E-state index in [2.05, 4.69) is 56.0 Å². The Bertz CT molecular complexity index is 463. The van der Waals surface area contributed by atoms with E-state index in [0.29, 0.717) is 13.2 Å². The lowest BCUT2D eigenvalue weighted by atomic mass is 9.79. The molecule has 0 atom stereocenters. The standard InChI is InChI=1S/C22H32O/c1-3-5-6-17-23-18-22-15-13-21(14-16-22)12-11-20-9-7-19(4-2)8-10-20/h4-6,13-16,19-20H,2-3,7-12,17-18H2,1H3/t19-,20-. The van der Waals surface area contributed by atoms with Crippen LogP contribution in [-0.2, 0) is 17.8 Å². The first-order chi connectivity index (χ1) is 11.3. The fourth-order valence-electron chi connectivity index (χ4n) is 3.37. The van der Waals surface area contributed by atoms with Crippen molar-refractivity contribution < 1.29 is 4.74 Å². The minimum Gasteiger partial charge on any atom is -0.373 e. The van der Waals surface area contributed by atoms with E-state index in [1.165, 1.54) is 49.7 Å². The molecule has 1 aromatic rings. The molecule has 0 N–H and O–H groups in total. The van der Waals surface area contributed by atoms with Crippen molar-refractivity contribution in [2.75, 3.05) is 6.61 Å². The van der Waals surface area contributed by atoms with Crippen LogP contribution in [0.3, 0.4) is 0 Å². The molecule has 1 nitrogen and oxygen atoms in total. The van der Waals surface area contributed by atoms with E-state index in [1.54, 1.807) is 0 Å². The van der Waals surface area contributed by atoms with Crippen LogP contribution in [-0.4, -0.2) is 6.61 Å². The molecular weight excluding hydrogens is 280 g/mol. The van der Waals surface area contributed by atoms with E-state index in [-0.39, 0.29) is 0 Å². The molecule has 1 fully saturated rings. The van der Waals surface area contributed by atoms with Gasteiger partial charge >= 0.3 is 0 Å². The molecule has 126 valence electrons. The lowest BCUT2D eigenvalue weighted by molar-refractivity contribution is 0.148. The SMILES string of the molecule is C=C[C@H]1CC[C@H](CCc2ccc(COCC=CCC)cc2)CC1. The molecule has 1 saturated carbocycles. The van der Waals surface area contributed by atoms with Gasteiger partial charge in [0.1, 0.15) is 0 Å². The summed E-state index contributed by atoms with van der Waals surface area (Å²) < 4.78 is 5.64. The van der Waals surface area contributed by atoms with Crippen LogP contribution in [0.25, 0.3) is 0 Å². The fraction of sp³-hybridized carbons (Fsp3) is 0.545. The Morgan fingerprint density at radius 2 is 1.74 bits per heavy atom. The van der Waals surface area contributed by atoms with Crippen molar-refractivity contribution >= 4 is 0 Å². The second kappa shape index (κ2) is 10.4. The third-order valence-electron chi connectivity index (χ3n) is 4.97. The molecule has 2 rings (SSSR count). The summed E-state index contributed by atoms with van der Waals surface area (Å²) in [6.45, 7) is 7.49. The quantitative estimate of drug-likeness (QED) is 0.396. The molecular formula is C22H32O. The third kappa shape index (κ3) is 6.74. The normalized spacial score (nSPS) is 21.6. The Morgan fingerprint density at radius 3 is 2.39 bits per heavy atom. The van der Waals surface area contributed by atoms with Gasteiger partial charge in [0, 0.05) is 0 Å². The number of rotatable bonds is 9. The summed E-state index contributed by atoms with van der Waals surface area (Å²) in [7, 11) is 0. The van der Waals surface area contributed by atoms with Gasteiger partial charge in [-0.2, -0.15) is 0 Å². The highest BCUT2D eigenvalue weighted by Gasteiger charge is 2.18. The maximum atomic E-state index is 5.64. The number of ether oxygens (including phenoxy) is 1. The summed E-state index contributed by atoms with van der Waals surface area (Å²) >= 11 is 0. The molecule has 1 heteroatoms. The van der Waals surface area contributed by atoms with Gasteiger partial charge in [-0.05, 0) is 67.9 Å². The van der Waals surface area contributed by atoms with E-state index in [1.807, 2.05) is 0 Å². The molecule has 0 aromatic heterocycles. The average molecular weight is 312 g/mol. The lowest BCUT2D eigenvalue weighted by Crippen LogP contribution is -2.13. The van der Waals surface area contributed by atoms with Crippen molar-refractivity contribution in [3.8, 4) is 0 Å². The summed E-state index contributed by atoms with van der Waals surface area (Å²) in [5, 5.41) is 0. The second-order valence-corrected chi connectivity index (χ2v) is 6.77. The predicted molar refractivity (Wildman–Crippen MR) is 99.5 cm³/mol. The molecule has 1 aliphatic carbocycles. The lowest BCUT2D eigenvalue weighted by Gasteiger charge is -2.26. The summed E-state index contributed by atoms with van der Waals surface area (Å²) in [5.41, 5.74) is 2.73. The van der Waals surface area contributed by atoms with Crippen molar-refractivity contribution in [2.45, 2.75) is 58.5 Å². The van der Waals surface area contributed by atoms with Gasteiger partial charge in [-0.25, -0.2) is 0 Å². The van der Waals surface area contributed by atoms with Crippen molar-refractivity contribution in [2.24, 2.45) is 11.8 Å². The minimum atomic E-state index is 0.708. The predicted octanol–water partition coefficient (Wildman–Crippen LogP) is 6.09. The first-order valence-corrected chi connectivity index (χ1v) is 9.25. The van der Waals surface area contributed by atoms with Crippen molar-refractivity contribution in [1.82, 2.24) is 0 Å². The molecule has 1 aliphatic rings. The van der Waals surface area contributed by atoms with Gasteiger partial charge < -0.3 is 4.74 Å². The van der Waals surface area contributed by atoms with Crippen LogP contribution in [0.4, 0.5) is 0 Å². The molecule has 0 saturated heterocycles. The Kier molecular flexibility index (Phi) is 8.17. The highest BCUT2D eigenvalue weighted by molar-refractivity contribution is 5.22. The first-order valence-electron chi connectivity index (χ1n) is 9.25. The van der Waals surface area contributed by atoms with Crippen LogP contribution in [0.1, 0.15) is 56.6 Å². The molecule has 0 aliphatic heterocycles. The van der Waals surface area contributed by atoms with Gasteiger partial charge in [-0.15, -0.1) is 6.58 Å². The Balaban J connectivity index is 1.66. The van der Waals surface area contributed by atoms with Gasteiger partial charge in [-0.1, -0.05) is 49.4 Å². The molecule has 0 bridgehead atoms. The highest BCUT2D eigenvalue weighted by atomic mass is 16.5. The Hall–Kier alpha value is -1.34. The number of aryl methyl sites for hydroxylation is 1. The molecule has 0 spiro atoms. The summed E-state index contributed by atoms with van der Waals surface area (Å²) in [5.74, 6) is 1.69. The second-order valence-electron chi connectivity index (χ2n) is 6.77. The van der Waals surface area contributed by atoms with Gasteiger partial charge in [0.25, 0.3) is 0 Å². The number of benzene rings is 1. The van der Waals surface area contributed by atoms with Crippen LogP contribution in [0.15, 0.2) is 49.1 Å². The average Bonchev–Trinajstić information content (AvgIpc) is 2.61.